The smallest absolute Gasteiger partial charge is 0.325 e. The maximum absolute atomic E-state index is 13.1. The van der Waals surface area contributed by atoms with E-state index in [0.29, 0.717) is 36.4 Å². The van der Waals surface area contributed by atoms with E-state index in [1.165, 1.54) is 0 Å². The second kappa shape index (κ2) is 7.17. The van der Waals surface area contributed by atoms with Gasteiger partial charge in [-0.1, -0.05) is 31.3 Å². The van der Waals surface area contributed by atoms with E-state index in [1.54, 1.807) is 0 Å². The van der Waals surface area contributed by atoms with Gasteiger partial charge < -0.3 is 9.84 Å². The van der Waals surface area contributed by atoms with Gasteiger partial charge in [0.25, 0.3) is 5.91 Å². The number of Topliss-reactive ketones (excluding diaryl/α,β-unsaturated/α-hetero) is 1. The minimum atomic E-state index is -0.816. The molecule has 3 heterocycles. The molecule has 8 nitrogen and oxygen atoms in total. The van der Waals surface area contributed by atoms with Crippen molar-refractivity contribution in [2.75, 3.05) is 6.54 Å². The van der Waals surface area contributed by atoms with Crippen LogP contribution in [0.25, 0.3) is 5.82 Å². The third kappa shape index (κ3) is 3.16. The van der Waals surface area contributed by atoms with E-state index in [0.717, 1.165) is 35.6 Å². The summed E-state index contributed by atoms with van der Waals surface area (Å²) in [5.74, 6) is 0.773. The SMILES string of the molecule is CCc1cc(C(=O)CN2C(=O)NC3(CCCCC3)C2=O)c(C)n1-c1cc(C)on1. The van der Waals surface area contributed by atoms with Crippen LogP contribution in [0.15, 0.2) is 16.7 Å². The fourth-order valence-electron chi connectivity index (χ4n) is 4.53. The van der Waals surface area contributed by atoms with E-state index in [4.69, 9.17) is 4.52 Å². The summed E-state index contributed by atoms with van der Waals surface area (Å²) in [4.78, 5) is 39.6. The Morgan fingerprint density at radius 3 is 2.55 bits per heavy atom. The summed E-state index contributed by atoms with van der Waals surface area (Å²) in [5.41, 5.74) is 1.32. The van der Waals surface area contributed by atoms with Gasteiger partial charge in [-0.3, -0.25) is 19.1 Å². The van der Waals surface area contributed by atoms with Gasteiger partial charge in [-0.15, -0.1) is 0 Å². The molecule has 2 aliphatic rings. The molecular weight excluding hydrogens is 372 g/mol. The van der Waals surface area contributed by atoms with Gasteiger partial charge in [0.15, 0.2) is 11.6 Å². The number of rotatable bonds is 5. The van der Waals surface area contributed by atoms with Crippen LogP contribution in [0.1, 0.15) is 66.5 Å². The second-order valence-corrected chi connectivity index (χ2v) is 8.01. The molecule has 1 saturated heterocycles. The van der Waals surface area contributed by atoms with E-state index < -0.39 is 11.6 Å². The number of hydrogen-bond acceptors (Lipinski definition) is 5. The minimum Gasteiger partial charge on any atom is -0.360 e. The zero-order chi connectivity index (χ0) is 20.8. The van der Waals surface area contributed by atoms with Crippen LogP contribution < -0.4 is 5.32 Å². The van der Waals surface area contributed by atoms with Crippen LogP contribution in [0.2, 0.25) is 0 Å². The van der Waals surface area contributed by atoms with E-state index >= 15 is 0 Å². The number of aromatic nitrogens is 2. The molecule has 0 bridgehead atoms. The molecule has 154 valence electrons. The van der Waals surface area contributed by atoms with Crippen molar-refractivity contribution < 1.29 is 18.9 Å². The minimum absolute atomic E-state index is 0.252. The van der Waals surface area contributed by atoms with Gasteiger partial charge in [0, 0.05) is 23.0 Å². The standard InChI is InChI=1S/C21H26N4O4/c1-4-15-11-16(14(3)25(15)18-10-13(2)29-23-18)17(26)12-24-19(27)21(22-20(24)28)8-6-5-7-9-21/h10-11H,4-9,12H2,1-3H3,(H,22,28). The van der Waals surface area contributed by atoms with Gasteiger partial charge in [0.1, 0.15) is 11.3 Å². The maximum atomic E-state index is 13.1. The Hall–Kier alpha value is -2.90. The summed E-state index contributed by atoms with van der Waals surface area (Å²) in [5, 5.41) is 6.92. The zero-order valence-corrected chi connectivity index (χ0v) is 17.1. The lowest BCUT2D eigenvalue weighted by Gasteiger charge is -2.30. The third-order valence-electron chi connectivity index (χ3n) is 6.09. The van der Waals surface area contributed by atoms with Crippen LogP contribution in [0, 0.1) is 13.8 Å². The van der Waals surface area contributed by atoms with Crippen molar-refractivity contribution in [1.82, 2.24) is 19.9 Å². The van der Waals surface area contributed by atoms with Gasteiger partial charge in [-0.25, -0.2) is 4.79 Å². The van der Waals surface area contributed by atoms with Crippen LogP contribution >= 0.6 is 0 Å². The fourth-order valence-corrected chi connectivity index (χ4v) is 4.53. The normalized spacial score (nSPS) is 18.5. The van der Waals surface area contributed by atoms with Crippen molar-refractivity contribution in [1.29, 1.82) is 0 Å². The van der Waals surface area contributed by atoms with Crippen molar-refractivity contribution >= 4 is 17.7 Å². The van der Waals surface area contributed by atoms with Gasteiger partial charge in [0.2, 0.25) is 0 Å². The van der Waals surface area contributed by atoms with Crippen molar-refractivity contribution in [2.24, 2.45) is 0 Å². The van der Waals surface area contributed by atoms with E-state index in [2.05, 4.69) is 10.5 Å². The highest BCUT2D eigenvalue weighted by molar-refractivity contribution is 6.11. The van der Waals surface area contributed by atoms with Crippen molar-refractivity contribution in [3.8, 4) is 5.82 Å². The number of aryl methyl sites for hydroxylation is 2. The molecule has 2 aromatic rings. The summed E-state index contributed by atoms with van der Waals surface area (Å²) < 4.78 is 7.07. The Balaban J connectivity index is 1.60. The number of imide groups is 1. The Morgan fingerprint density at radius 1 is 1.21 bits per heavy atom. The number of urea groups is 1. The molecule has 1 N–H and O–H groups in total. The Kier molecular flexibility index (Phi) is 4.80. The summed E-state index contributed by atoms with van der Waals surface area (Å²) in [6, 6.07) is 3.16. The number of ketones is 1. The zero-order valence-electron chi connectivity index (χ0n) is 17.1. The maximum Gasteiger partial charge on any atom is 0.325 e. The van der Waals surface area contributed by atoms with Crippen molar-refractivity contribution in [3.63, 3.8) is 0 Å². The predicted octanol–water partition coefficient (Wildman–Crippen LogP) is 3.08. The molecule has 4 rings (SSSR count). The average Bonchev–Trinajstić information content (AvgIpc) is 3.33. The first-order valence-electron chi connectivity index (χ1n) is 10.2. The first kappa shape index (κ1) is 19.4. The van der Waals surface area contributed by atoms with Gasteiger partial charge >= 0.3 is 6.03 Å². The molecule has 29 heavy (non-hydrogen) atoms. The Morgan fingerprint density at radius 2 is 1.93 bits per heavy atom. The first-order valence-corrected chi connectivity index (χ1v) is 10.2. The molecule has 1 spiro atoms. The number of hydrogen-bond donors (Lipinski definition) is 1. The third-order valence-corrected chi connectivity index (χ3v) is 6.09. The van der Waals surface area contributed by atoms with Gasteiger partial charge in [0.05, 0.1) is 6.54 Å². The predicted molar refractivity (Wildman–Crippen MR) is 105 cm³/mol. The molecule has 0 aromatic carbocycles. The molecule has 2 aromatic heterocycles. The van der Waals surface area contributed by atoms with E-state index in [-0.39, 0.29) is 18.2 Å². The van der Waals surface area contributed by atoms with Crippen LogP contribution in [-0.2, 0) is 11.2 Å². The van der Waals surface area contributed by atoms with Crippen LogP contribution in [-0.4, -0.2) is 44.4 Å². The largest absolute Gasteiger partial charge is 0.360 e. The molecular formula is C21H26N4O4. The van der Waals surface area contributed by atoms with Crippen LogP contribution in [0.4, 0.5) is 4.79 Å². The summed E-state index contributed by atoms with van der Waals surface area (Å²) in [6.45, 7) is 5.39. The monoisotopic (exact) mass is 398 g/mol. The lowest BCUT2D eigenvalue weighted by molar-refractivity contribution is -0.132. The molecule has 0 radical (unpaired) electrons. The molecule has 8 heteroatoms. The van der Waals surface area contributed by atoms with Gasteiger partial charge in [-0.05, 0) is 39.2 Å². The molecule has 1 aliphatic heterocycles. The highest BCUT2D eigenvalue weighted by Crippen LogP contribution is 2.34. The Labute approximate surface area is 169 Å². The molecule has 0 unspecified atom stereocenters. The summed E-state index contributed by atoms with van der Waals surface area (Å²) in [6.07, 6.45) is 4.87. The Bertz CT molecular complexity index is 981. The number of nitrogens with one attached hydrogen (secondary N) is 1. The van der Waals surface area contributed by atoms with Crippen LogP contribution in [0.3, 0.4) is 0 Å². The summed E-state index contributed by atoms with van der Waals surface area (Å²) in [7, 11) is 0. The molecule has 1 saturated carbocycles. The van der Waals surface area contributed by atoms with E-state index in [9.17, 15) is 14.4 Å². The quantitative estimate of drug-likeness (QED) is 0.617. The molecule has 0 atom stereocenters. The van der Waals surface area contributed by atoms with E-state index in [1.807, 2.05) is 37.5 Å². The molecule has 1 aliphatic carbocycles. The first-order chi connectivity index (χ1) is 13.9. The van der Waals surface area contributed by atoms with Crippen molar-refractivity contribution in [3.05, 3.63) is 34.8 Å². The molecule has 3 amide bonds. The number of nitrogens with zero attached hydrogens (tertiary/aromatic N) is 3. The van der Waals surface area contributed by atoms with Crippen LogP contribution in [0.5, 0.6) is 0 Å². The highest BCUT2D eigenvalue weighted by Gasteiger charge is 2.51. The number of carbonyl (C=O) groups excluding carboxylic acids is 3. The fraction of sp³-hybridized carbons (Fsp3) is 0.524. The highest BCUT2D eigenvalue weighted by atomic mass is 16.5. The topological polar surface area (TPSA) is 97.4 Å². The van der Waals surface area contributed by atoms with Gasteiger partial charge in [-0.2, -0.15) is 0 Å². The van der Waals surface area contributed by atoms with Crippen molar-refractivity contribution in [2.45, 2.75) is 64.8 Å². The second-order valence-electron chi connectivity index (χ2n) is 8.01. The average molecular weight is 398 g/mol. The number of amides is 3. The lowest BCUT2D eigenvalue weighted by atomic mass is 9.82. The lowest BCUT2D eigenvalue weighted by Crippen LogP contribution is -2.48. The number of carbonyl (C=O) groups is 3. The molecule has 2 fully saturated rings. The summed E-state index contributed by atoms with van der Waals surface area (Å²) >= 11 is 0.